The molecule has 2 aliphatic rings. The SMILES string of the molecule is CC#CC#CC#CC#CC#CC#CC#CC#CC#CC#CC#CC#CC(=O)N(CC(=O)NC1CCCCC1)[C@@H](CO[C@H]1OC(CO)[C@H](O)[C@H](O)C1O)[C@H](O)[C@H](O)CCCCCCCCCCCCCC. The first-order valence-electron chi connectivity index (χ1n) is 23.9. The average molecular weight is 949 g/mol. The Morgan fingerprint density at radius 1 is 0.614 bits per heavy atom. The van der Waals surface area contributed by atoms with E-state index in [2.05, 4.69) is 154 Å². The Bertz CT molecular complexity index is 2460. The summed E-state index contributed by atoms with van der Waals surface area (Å²) in [5.74, 6) is 58.3. The summed E-state index contributed by atoms with van der Waals surface area (Å²) < 4.78 is 11.3. The molecule has 1 saturated heterocycles. The summed E-state index contributed by atoms with van der Waals surface area (Å²) in [6, 6.07) is -1.55. The quantitative estimate of drug-likeness (QED) is 0.0592. The number of hydrogen-bond acceptors (Lipinski definition) is 10. The van der Waals surface area contributed by atoms with Gasteiger partial charge < -0.3 is 50.3 Å². The standard InChI is InChI=1S/C58H64N2O10/c1-3-5-7-9-11-13-15-17-18-19-20-21-22-23-24-25-26-27-29-31-33-35-40-44-53(64)60(45-52(63)59-48-41-37-36-38-42-48)49(47-69-58-57(68)56(67)55(66)51(46-61)70-58)54(65)50(62)43-39-34-32-30-28-16-14-12-10-8-6-4-2/h48-51,54-58,61-62,65-68H,4,6,8,10,12,14,16,28,30,32,34,36-39,41-43,45-47H2,1-2H3,(H,59,63)/t49-,50+,51?,54-,55-,56-,57?,58-/m0/s1. The van der Waals surface area contributed by atoms with E-state index in [1.807, 2.05) is 0 Å². The molecule has 2 amide bonds. The molecule has 0 aromatic carbocycles. The third-order valence-corrected chi connectivity index (χ3v) is 11.0. The number of aliphatic hydroxyl groups is 6. The second-order valence-electron chi connectivity index (χ2n) is 16.3. The van der Waals surface area contributed by atoms with Crippen molar-refractivity contribution in [1.29, 1.82) is 0 Å². The van der Waals surface area contributed by atoms with Crippen LogP contribution in [0.4, 0.5) is 0 Å². The molecule has 12 heteroatoms. The third-order valence-electron chi connectivity index (χ3n) is 11.0. The van der Waals surface area contributed by atoms with Gasteiger partial charge in [-0.15, -0.1) is 0 Å². The van der Waals surface area contributed by atoms with Gasteiger partial charge >= 0.3 is 0 Å². The summed E-state index contributed by atoms with van der Waals surface area (Å²) in [4.78, 5) is 28.4. The highest BCUT2D eigenvalue weighted by atomic mass is 16.7. The Hall–Kier alpha value is -6.66. The number of hydrogen-bond donors (Lipinski definition) is 7. The van der Waals surface area contributed by atoms with Crippen molar-refractivity contribution >= 4 is 11.8 Å². The van der Waals surface area contributed by atoms with E-state index in [0.717, 1.165) is 62.7 Å². The molecule has 1 saturated carbocycles. The minimum atomic E-state index is -1.79. The minimum Gasteiger partial charge on any atom is -0.394 e. The van der Waals surface area contributed by atoms with Gasteiger partial charge in [0.2, 0.25) is 5.91 Å². The van der Waals surface area contributed by atoms with Gasteiger partial charge in [-0.25, -0.2) is 0 Å². The van der Waals surface area contributed by atoms with Gasteiger partial charge in [-0.3, -0.25) is 9.59 Å². The molecule has 1 aliphatic heterocycles. The predicted octanol–water partition coefficient (Wildman–Crippen LogP) is 2.32. The molecule has 1 heterocycles. The molecule has 1 aliphatic carbocycles. The molecule has 12 nitrogen and oxygen atoms in total. The molecule has 2 fully saturated rings. The predicted molar refractivity (Wildman–Crippen MR) is 267 cm³/mol. The maximum Gasteiger partial charge on any atom is 0.300 e. The van der Waals surface area contributed by atoms with Crippen LogP contribution in [0.3, 0.4) is 0 Å². The van der Waals surface area contributed by atoms with Gasteiger partial charge in [0, 0.05) is 47.5 Å². The summed E-state index contributed by atoms with van der Waals surface area (Å²) in [5.41, 5.74) is 0. The van der Waals surface area contributed by atoms with Crippen LogP contribution in [0.15, 0.2) is 0 Å². The number of amides is 2. The van der Waals surface area contributed by atoms with Crippen molar-refractivity contribution in [3.63, 3.8) is 0 Å². The zero-order valence-corrected chi connectivity index (χ0v) is 40.3. The lowest BCUT2D eigenvalue weighted by Gasteiger charge is -2.41. The van der Waals surface area contributed by atoms with E-state index < -0.39 is 80.5 Å². The Labute approximate surface area is 416 Å². The monoisotopic (exact) mass is 948 g/mol. The number of carbonyl (C=O) groups excluding carboxylic acids is 2. The van der Waals surface area contributed by atoms with Gasteiger partial charge in [0.05, 0.1) is 25.4 Å². The van der Waals surface area contributed by atoms with Crippen molar-refractivity contribution in [1.82, 2.24) is 10.2 Å². The third kappa shape index (κ3) is 26.8. The molecule has 0 aromatic heterocycles. The van der Waals surface area contributed by atoms with Gasteiger partial charge in [-0.05, 0) is 121 Å². The van der Waals surface area contributed by atoms with Crippen LogP contribution in [-0.2, 0) is 19.1 Å². The second kappa shape index (κ2) is 39.2. The largest absolute Gasteiger partial charge is 0.394 e. The minimum absolute atomic E-state index is 0.114. The van der Waals surface area contributed by atoms with E-state index in [-0.39, 0.29) is 12.5 Å². The molecule has 366 valence electrons. The smallest absolute Gasteiger partial charge is 0.300 e. The zero-order chi connectivity index (χ0) is 50.9. The first-order valence-corrected chi connectivity index (χ1v) is 23.9. The summed E-state index contributed by atoms with van der Waals surface area (Å²) in [6.45, 7) is 1.97. The van der Waals surface area contributed by atoms with E-state index in [1.165, 1.54) is 44.9 Å². The lowest BCUT2D eigenvalue weighted by Crippen LogP contribution is -2.61. The molecule has 70 heavy (non-hydrogen) atoms. The van der Waals surface area contributed by atoms with Crippen molar-refractivity contribution in [2.24, 2.45) is 0 Å². The molecule has 7 N–H and O–H groups in total. The van der Waals surface area contributed by atoms with E-state index in [1.54, 1.807) is 6.92 Å². The Kier molecular flexibility index (Phi) is 33.3. The van der Waals surface area contributed by atoms with Crippen molar-refractivity contribution < 1.29 is 49.7 Å². The number of unbranched alkanes of at least 4 members (excludes halogenated alkanes) is 11. The van der Waals surface area contributed by atoms with Crippen molar-refractivity contribution in [2.75, 3.05) is 19.8 Å². The molecule has 8 atom stereocenters. The molecule has 0 radical (unpaired) electrons. The van der Waals surface area contributed by atoms with Crippen LogP contribution in [0, 0.1) is 142 Å². The van der Waals surface area contributed by atoms with Crippen LogP contribution in [0.5, 0.6) is 0 Å². The maximum atomic E-state index is 13.9. The van der Waals surface area contributed by atoms with Crippen molar-refractivity contribution in [2.45, 2.75) is 184 Å². The van der Waals surface area contributed by atoms with E-state index in [0.29, 0.717) is 6.42 Å². The average Bonchev–Trinajstić information content (AvgIpc) is 3.36. The van der Waals surface area contributed by atoms with Crippen molar-refractivity contribution in [3.8, 4) is 142 Å². The van der Waals surface area contributed by atoms with Gasteiger partial charge in [-0.2, -0.15) is 0 Å². The zero-order valence-electron chi connectivity index (χ0n) is 40.3. The molecule has 2 rings (SSSR count). The normalized spacial score (nSPS) is 18.4. The van der Waals surface area contributed by atoms with E-state index in [9.17, 15) is 40.2 Å². The summed E-state index contributed by atoms with van der Waals surface area (Å²) >= 11 is 0. The summed E-state index contributed by atoms with van der Waals surface area (Å²) in [7, 11) is 0. The van der Waals surface area contributed by atoms with Crippen molar-refractivity contribution in [3.05, 3.63) is 0 Å². The van der Waals surface area contributed by atoms with Gasteiger partial charge in [0.15, 0.2) is 6.29 Å². The Balaban J connectivity index is 2.22. The van der Waals surface area contributed by atoms with Crippen LogP contribution in [0.25, 0.3) is 0 Å². The van der Waals surface area contributed by atoms with E-state index >= 15 is 0 Å². The van der Waals surface area contributed by atoms with Crippen LogP contribution in [-0.4, -0.2) is 122 Å². The fourth-order valence-electron chi connectivity index (χ4n) is 7.25. The van der Waals surface area contributed by atoms with Crippen LogP contribution in [0.2, 0.25) is 0 Å². The number of nitrogens with zero attached hydrogens (tertiary/aromatic N) is 1. The summed E-state index contributed by atoms with van der Waals surface area (Å²) in [6.07, 6.45) is 6.75. The molecule has 0 spiro atoms. The number of rotatable bonds is 23. The van der Waals surface area contributed by atoms with Gasteiger partial charge in [0.25, 0.3) is 5.91 Å². The first kappa shape index (κ1) is 59.5. The summed E-state index contributed by atoms with van der Waals surface area (Å²) in [5, 5.41) is 67.1. The number of ether oxygens (including phenoxy) is 2. The number of aliphatic hydroxyl groups excluding tert-OH is 6. The fourth-order valence-corrected chi connectivity index (χ4v) is 7.25. The molecule has 0 bridgehead atoms. The molecular formula is C58H64N2O10. The number of carbonyl (C=O) groups is 2. The number of nitrogens with one attached hydrogen (secondary N) is 1. The van der Waals surface area contributed by atoms with Crippen LogP contribution < -0.4 is 5.32 Å². The Morgan fingerprint density at radius 3 is 1.51 bits per heavy atom. The van der Waals surface area contributed by atoms with E-state index in [4.69, 9.17) is 9.47 Å². The fraction of sp³-hybridized carbons (Fsp3) is 0.552. The first-order chi connectivity index (χ1) is 34.1. The van der Waals surface area contributed by atoms with Crippen LogP contribution >= 0.6 is 0 Å². The molecule has 0 aromatic rings. The second-order valence-corrected chi connectivity index (χ2v) is 16.3. The molecule has 2 unspecified atom stereocenters. The topological polar surface area (TPSA) is 189 Å². The lowest BCUT2D eigenvalue weighted by molar-refractivity contribution is -0.304. The molecular weight excluding hydrogens is 885 g/mol. The van der Waals surface area contributed by atoms with Crippen LogP contribution in [0.1, 0.15) is 129 Å². The van der Waals surface area contributed by atoms with Gasteiger partial charge in [-0.1, -0.05) is 109 Å². The highest BCUT2D eigenvalue weighted by Gasteiger charge is 2.45. The maximum absolute atomic E-state index is 13.9. The van der Waals surface area contributed by atoms with Gasteiger partial charge in [0.1, 0.15) is 37.1 Å². The highest BCUT2D eigenvalue weighted by molar-refractivity contribution is 5.96. The Morgan fingerprint density at radius 2 is 1.06 bits per heavy atom. The lowest BCUT2D eigenvalue weighted by atomic mass is 9.95. The highest BCUT2D eigenvalue weighted by Crippen LogP contribution is 2.24.